The molecule has 0 aliphatic rings. The van der Waals surface area contributed by atoms with E-state index in [4.69, 9.17) is 5.73 Å². The highest BCUT2D eigenvalue weighted by atomic mass is 14.9. The van der Waals surface area contributed by atoms with E-state index < -0.39 is 0 Å². The third-order valence-corrected chi connectivity index (χ3v) is 2.59. The zero-order valence-corrected chi connectivity index (χ0v) is 9.46. The molecule has 0 spiro atoms. The number of aryl methyl sites for hydroxylation is 1. The number of hydrogen-bond acceptors (Lipinski definition) is 2. The van der Waals surface area contributed by atoms with Crippen molar-refractivity contribution in [2.75, 3.05) is 11.1 Å². The van der Waals surface area contributed by atoms with Gasteiger partial charge in [-0.3, -0.25) is 0 Å². The molecule has 78 valence electrons. The molecule has 2 heteroatoms. The summed E-state index contributed by atoms with van der Waals surface area (Å²) in [7, 11) is 0. The van der Waals surface area contributed by atoms with Gasteiger partial charge in [-0.05, 0) is 37.5 Å². The van der Waals surface area contributed by atoms with Crippen LogP contribution in [-0.4, -0.2) is 6.04 Å². The van der Waals surface area contributed by atoms with Crippen LogP contribution < -0.4 is 11.1 Å². The molecule has 0 aliphatic heterocycles. The summed E-state index contributed by atoms with van der Waals surface area (Å²) in [6, 6.07) is 6.56. The normalized spacial score (nSPS) is 12.9. The van der Waals surface area contributed by atoms with Gasteiger partial charge >= 0.3 is 0 Å². The fraction of sp³-hybridized carbons (Fsp3) is 0.500. The highest BCUT2D eigenvalue weighted by Gasteiger charge is 2.07. The summed E-state index contributed by atoms with van der Waals surface area (Å²) in [6.07, 6.45) is 0. The van der Waals surface area contributed by atoms with Gasteiger partial charge in [0.2, 0.25) is 0 Å². The van der Waals surface area contributed by atoms with E-state index in [1.165, 1.54) is 5.56 Å². The summed E-state index contributed by atoms with van der Waals surface area (Å²) in [5, 5.41) is 3.41. The minimum absolute atomic E-state index is 0.444. The minimum Gasteiger partial charge on any atom is -0.397 e. The lowest BCUT2D eigenvalue weighted by atomic mass is 10.1. The predicted molar refractivity (Wildman–Crippen MR) is 63.5 cm³/mol. The summed E-state index contributed by atoms with van der Waals surface area (Å²) in [4.78, 5) is 0. The van der Waals surface area contributed by atoms with Crippen molar-refractivity contribution in [1.29, 1.82) is 0 Å². The van der Waals surface area contributed by atoms with E-state index in [1.807, 2.05) is 19.1 Å². The average Bonchev–Trinajstić information content (AvgIpc) is 2.09. The molecule has 0 aromatic heterocycles. The van der Waals surface area contributed by atoms with Crippen LogP contribution in [0.3, 0.4) is 0 Å². The molecule has 14 heavy (non-hydrogen) atoms. The molecule has 1 unspecified atom stereocenters. The fourth-order valence-electron chi connectivity index (χ4n) is 1.23. The van der Waals surface area contributed by atoms with Gasteiger partial charge in [0.15, 0.2) is 0 Å². The van der Waals surface area contributed by atoms with Gasteiger partial charge in [-0.25, -0.2) is 0 Å². The summed E-state index contributed by atoms with van der Waals surface area (Å²) in [5.74, 6) is 0.607. The zero-order chi connectivity index (χ0) is 10.7. The van der Waals surface area contributed by atoms with E-state index in [-0.39, 0.29) is 0 Å². The van der Waals surface area contributed by atoms with Gasteiger partial charge in [-0.1, -0.05) is 19.9 Å². The van der Waals surface area contributed by atoms with Crippen LogP contribution in [0.2, 0.25) is 0 Å². The lowest BCUT2D eigenvalue weighted by Gasteiger charge is -2.20. The maximum atomic E-state index is 5.91. The highest BCUT2D eigenvalue weighted by Crippen LogP contribution is 2.21. The first-order valence-electron chi connectivity index (χ1n) is 5.13. The summed E-state index contributed by atoms with van der Waals surface area (Å²) in [5.41, 5.74) is 8.98. The van der Waals surface area contributed by atoms with Gasteiger partial charge in [0, 0.05) is 6.04 Å². The van der Waals surface area contributed by atoms with Crippen molar-refractivity contribution < 1.29 is 0 Å². The molecule has 0 radical (unpaired) electrons. The second-order valence-electron chi connectivity index (χ2n) is 4.27. The van der Waals surface area contributed by atoms with Crippen LogP contribution in [0.1, 0.15) is 26.3 Å². The maximum absolute atomic E-state index is 5.91. The Morgan fingerprint density at radius 2 is 1.86 bits per heavy atom. The monoisotopic (exact) mass is 192 g/mol. The van der Waals surface area contributed by atoms with E-state index in [0.29, 0.717) is 12.0 Å². The lowest BCUT2D eigenvalue weighted by molar-refractivity contribution is 0.560. The molecule has 2 nitrogen and oxygen atoms in total. The van der Waals surface area contributed by atoms with Gasteiger partial charge in [0.1, 0.15) is 0 Å². The van der Waals surface area contributed by atoms with Crippen LogP contribution in [-0.2, 0) is 0 Å². The molecule has 0 amide bonds. The quantitative estimate of drug-likeness (QED) is 0.722. The number of anilines is 2. The van der Waals surface area contributed by atoms with Crippen LogP contribution in [0, 0.1) is 12.8 Å². The van der Waals surface area contributed by atoms with Crippen LogP contribution >= 0.6 is 0 Å². The van der Waals surface area contributed by atoms with Crippen molar-refractivity contribution in [3.8, 4) is 0 Å². The van der Waals surface area contributed by atoms with Gasteiger partial charge in [0.25, 0.3) is 0 Å². The Balaban J connectivity index is 2.77. The van der Waals surface area contributed by atoms with E-state index in [0.717, 1.165) is 11.4 Å². The highest BCUT2D eigenvalue weighted by molar-refractivity contribution is 5.67. The number of nitrogens with one attached hydrogen (secondary N) is 1. The smallest absolute Gasteiger partial charge is 0.0576 e. The number of nitrogens with two attached hydrogens (primary N) is 1. The summed E-state index contributed by atoms with van der Waals surface area (Å²) < 4.78 is 0. The van der Waals surface area contributed by atoms with Gasteiger partial charge < -0.3 is 11.1 Å². The minimum atomic E-state index is 0.444. The van der Waals surface area contributed by atoms with E-state index in [9.17, 15) is 0 Å². The molecule has 0 aliphatic carbocycles. The van der Waals surface area contributed by atoms with Gasteiger partial charge in [-0.15, -0.1) is 0 Å². The van der Waals surface area contributed by atoms with Crippen molar-refractivity contribution in [3.63, 3.8) is 0 Å². The largest absolute Gasteiger partial charge is 0.397 e. The summed E-state index contributed by atoms with van der Waals surface area (Å²) >= 11 is 0. The first-order chi connectivity index (χ1) is 6.50. The van der Waals surface area contributed by atoms with Crippen molar-refractivity contribution in [1.82, 2.24) is 0 Å². The van der Waals surface area contributed by atoms with Crippen LogP contribution in [0.4, 0.5) is 11.4 Å². The molecule has 0 heterocycles. The van der Waals surface area contributed by atoms with Crippen molar-refractivity contribution in [2.45, 2.75) is 33.7 Å². The Bertz CT molecular complexity index is 305. The number of rotatable bonds is 3. The molecular weight excluding hydrogens is 172 g/mol. The molecule has 0 bridgehead atoms. The Labute approximate surface area is 86.5 Å². The van der Waals surface area contributed by atoms with Crippen LogP contribution in [0.25, 0.3) is 0 Å². The molecule has 1 aromatic rings. The van der Waals surface area contributed by atoms with Gasteiger partial charge in [-0.2, -0.15) is 0 Å². The van der Waals surface area contributed by atoms with Crippen LogP contribution in [0.15, 0.2) is 18.2 Å². The standard InChI is InChI=1S/C12H20N2/c1-8(2)10(4)14-12-6-5-9(3)7-11(12)13/h5-8,10,14H,13H2,1-4H3. The average molecular weight is 192 g/mol. The number of nitrogen functional groups attached to an aromatic ring is 1. The Morgan fingerprint density at radius 1 is 1.21 bits per heavy atom. The Kier molecular flexibility index (Phi) is 3.39. The van der Waals surface area contributed by atoms with E-state index in [2.05, 4.69) is 32.2 Å². The van der Waals surface area contributed by atoms with Crippen LogP contribution in [0.5, 0.6) is 0 Å². The predicted octanol–water partition coefficient (Wildman–Crippen LogP) is 3.03. The number of hydrogen-bond donors (Lipinski definition) is 2. The Hall–Kier alpha value is -1.18. The number of benzene rings is 1. The molecule has 1 aromatic carbocycles. The molecule has 1 atom stereocenters. The molecule has 3 N–H and O–H groups in total. The topological polar surface area (TPSA) is 38.0 Å². The van der Waals surface area contributed by atoms with E-state index in [1.54, 1.807) is 0 Å². The third-order valence-electron chi connectivity index (χ3n) is 2.59. The van der Waals surface area contributed by atoms with Gasteiger partial charge in [0.05, 0.1) is 11.4 Å². The molecule has 1 rings (SSSR count). The van der Waals surface area contributed by atoms with Crippen molar-refractivity contribution in [2.24, 2.45) is 5.92 Å². The maximum Gasteiger partial charge on any atom is 0.0576 e. The van der Waals surface area contributed by atoms with Crippen molar-refractivity contribution in [3.05, 3.63) is 23.8 Å². The fourth-order valence-corrected chi connectivity index (χ4v) is 1.23. The summed E-state index contributed by atoms with van der Waals surface area (Å²) in [6.45, 7) is 8.61. The first-order valence-corrected chi connectivity index (χ1v) is 5.13. The third kappa shape index (κ3) is 2.66. The molecule has 0 fully saturated rings. The Morgan fingerprint density at radius 3 is 2.36 bits per heavy atom. The molecule has 0 saturated heterocycles. The second kappa shape index (κ2) is 4.36. The SMILES string of the molecule is Cc1ccc(NC(C)C(C)C)c(N)c1. The lowest BCUT2D eigenvalue weighted by Crippen LogP contribution is -2.22. The molecule has 0 saturated carbocycles. The second-order valence-corrected chi connectivity index (χ2v) is 4.27. The van der Waals surface area contributed by atoms with E-state index >= 15 is 0 Å². The zero-order valence-electron chi connectivity index (χ0n) is 9.46. The first kappa shape index (κ1) is 10.9. The molecular formula is C12H20N2. The van der Waals surface area contributed by atoms with Crippen molar-refractivity contribution >= 4 is 11.4 Å².